The standard InChI is InChI=1S/C22H17Cl2F4NO3/c1-29-10-14(6-12-8-16(31-21(25)26)2-4-18(12)23)20(30)15(11-29)7-13-9-17(32-22(27)28)3-5-19(13)24/h2-9,21-22H,10-11H2,1H3. The SMILES string of the molecule is CN1CC(=Cc2cc(OC(F)F)ccc2Cl)C(=O)C(=Cc2cc(OC(F)F)ccc2Cl)C1. The lowest BCUT2D eigenvalue weighted by Crippen LogP contribution is -2.34. The first-order valence-corrected chi connectivity index (χ1v) is 10.0. The number of hydrogen-bond acceptors (Lipinski definition) is 4. The van der Waals surface area contributed by atoms with Crippen LogP contribution in [0.5, 0.6) is 11.5 Å². The smallest absolute Gasteiger partial charge is 0.387 e. The van der Waals surface area contributed by atoms with E-state index in [9.17, 15) is 22.4 Å². The summed E-state index contributed by atoms with van der Waals surface area (Å²) in [5.74, 6) is -0.492. The van der Waals surface area contributed by atoms with Crippen LogP contribution in [0.15, 0.2) is 47.5 Å². The zero-order chi connectivity index (χ0) is 23.4. The Morgan fingerprint density at radius 3 is 1.62 bits per heavy atom. The molecule has 1 heterocycles. The maximum absolute atomic E-state index is 13.1. The van der Waals surface area contributed by atoms with Crippen molar-refractivity contribution in [1.82, 2.24) is 4.90 Å². The van der Waals surface area contributed by atoms with Gasteiger partial charge in [0, 0.05) is 34.3 Å². The van der Waals surface area contributed by atoms with Crippen LogP contribution in [0.1, 0.15) is 11.1 Å². The van der Waals surface area contributed by atoms with E-state index < -0.39 is 13.2 Å². The van der Waals surface area contributed by atoms with E-state index in [1.54, 1.807) is 7.05 Å². The largest absolute Gasteiger partial charge is 0.435 e. The predicted molar refractivity (Wildman–Crippen MR) is 115 cm³/mol. The van der Waals surface area contributed by atoms with Gasteiger partial charge >= 0.3 is 13.2 Å². The van der Waals surface area contributed by atoms with Gasteiger partial charge in [-0.15, -0.1) is 0 Å². The number of ether oxygens (including phenoxy) is 2. The molecule has 0 radical (unpaired) electrons. The molecule has 1 aliphatic rings. The first kappa shape index (κ1) is 24.1. The van der Waals surface area contributed by atoms with Gasteiger partial charge < -0.3 is 9.47 Å². The Morgan fingerprint density at radius 2 is 1.25 bits per heavy atom. The predicted octanol–water partition coefficient (Wildman–Crippen LogP) is 6.18. The van der Waals surface area contributed by atoms with Gasteiger partial charge in [-0.25, -0.2) is 0 Å². The van der Waals surface area contributed by atoms with E-state index in [2.05, 4.69) is 9.47 Å². The van der Waals surface area contributed by atoms with Crippen molar-refractivity contribution in [3.8, 4) is 11.5 Å². The van der Waals surface area contributed by atoms with Crippen LogP contribution in [0.4, 0.5) is 17.6 Å². The number of piperidine rings is 1. The summed E-state index contributed by atoms with van der Waals surface area (Å²) < 4.78 is 58.8. The minimum Gasteiger partial charge on any atom is -0.435 e. The van der Waals surface area contributed by atoms with Crippen LogP contribution >= 0.6 is 23.2 Å². The molecule has 32 heavy (non-hydrogen) atoms. The van der Waals surface area contributed by atoms with Crippen molar-refractivity contribution >= 4 is 41.1 Å². The second kappa shape index (κ2) is 10.4. The van der Waals surface area contributed by atoms with Crippen molar-refractivity contribution in [3.63, 3.8) is 0 Å². The molecule has 2 aromatic rings. The van der Waals surface area contributed by atoms with Gasteiger partial charge in [-0.2, -0.15) is 17.6 Å². The van der Waals surface area contributed by atoms with Crippen molar-refractivity contribution in [3.05, 3.63) is 68.7 Å². The Bertz CT molecular complexity index is 992. The minimum absolute atomic E-state index is 0.0914. The Kier molecular flexibility index (Phi) is 7.82. The number of carbonyl (C=O) groups is 1. The van der Waals surface area contributed by atoms with Crippen molar-refractivity contribution in [2.75, 3.05) is 20.1 Å². The van der Waals surface area contributed by atoms with Gasteiger partial charge in [-0.3, -0.25) is 9.69 Å². The van der Waals surface area contributed by atoms with Gasteiger partial charge in [-0.1, -0.05) is 23.2 Å². The molecule has 4 nitrogen and oxygen atoms in total. The van der Waals surface area contributed by atoms with E-state index in [0.717, 1.165) is 0 Å². The number of halogens is 6. The molecule has 0 amide bonds. The molecule has 10 heteroatoms. The lowest BCUT2D eigenvalue weighted by atomic mass is 9.94. The molecule has 1 saturated heterocycles. The zero-order valence-corrected chi connectivity index (χ0v) is 18.1. The third kappa shape index (κ3) is 6.25. The van der Waals surface area contributed by atoms with E-state index in [1.165, 1.54) is 48.6 Å². The number of likely N-dealkylation sites (N-methyl/N-ethyl adjacent to an activating group) is 1. The summed E-state index contributed by atoms with van der Waals surface area (Å²) in [6, 6.07) is 8.02. The number of rotatable bonds is 6. The number of hydrogen-bond donors (Lipinski definition) is 0. The molecule has 0 spiro atoms. The maximum atomic E-state index is 13.1. The third-order valence-corrected chi connectivity index (χ3v) is 5.20. The number of carbonyl (C=O) groups excluding carboxylic acids is 1. The lowest BCUT2D eigenvalue weighted by molar-refractivity contribution is -0.113. The zero-order valence-electron chi connectivity index (χ0n) is 16.6. The summed E-state index contributed by atoms with van der Waals surface area (Å²) in [5, 5.41) is 0.510. The van der Waals surface area contributed by atoms with Gasteiger partial charge in [0.25, 0.3) is 0 Å². The first-order valence-electron chi connectivity index (χ1n) is 9.25. The van der Waals surface area contributed by atoms with Crippen molar-refractivity contribution in [2.24, 2.45) is 0 Å². The molecule has 1 fully saturated rings. The van der Waals surface area contributed by atoms with Crippen LogP contribution in [0.3, 0.4) is 0 Å². The second-order valence-electron chi connectivity index (χ2n) is 6.96. The van der Waals surface area contributed by atoms with E-state index in [0.29, 0.717) is 22.3 Å². The van der Waals surface area contributed by atoms with E-state index in [-0.39, 0.29) is 40.4 Å². The summed E-state index contributed by atoms with van der Waals surface area (Å²) >= 11 is 12.3. The molecule has 2 aromatic carbocycles. The highest BCUT2D eigenvalue weighted by atomic mass is 35.5. The minimum atomic E-state index is -3.00. The van der Waals surface area contributed by atoms with E-state index in [1.807, 2.05) is 4.90 Å². The van der Waals surface area contributed by atoms with Crippen molar-refractivity contribution in [2.45, 2.75) is 13.2 Å². The van der Waals surface area contributed by atoms with Gasteiger partial charge in [0.15, 0.2) is 5.78 Å². The molecule has 0 N–H and O–H groups in total. The van der Waals surface area contributed by atoms with E-state index >= 15 is 0 Å². The Morgan fingerprint density at radius 1 is 0.844 bits per heavy atom. The number of likely N-dealkylation sites (tertiary alicyclic amines) is 1. The average Bonchev–Trinajstić information content (AvgIpc) is 2.69. The molecule has 1 aliphatic heterocycles. The van der Waals surface area contributed by atoms with Crippen molar-refractivity contribution < 1.29 is 31.8 Å². The summed E-state index contributed by atoms with van der Waals surface area (Å²) in [4.78, 5) is 14.9. The highest BCUT2D eigenvalue weighted by Crippen LogP contribution is 2.30. The highest BCUT2D eigenvalue weighted by Gasteiger charge is 2.25. The number of benzene rings is 2. The average molecular weight is 490 g/mol. The molecule has 0 aromatic heterocycles. The summed E-state index contributed by atoms with van der Waals surface area (Å²) in [6.45, 7) is -5.42. The third-order valence-electron chi connectivity index (χ3n) is 4.51. The lowest BCUT2D eigenvalue weighted by Gasteiger charge is -2.26. The highest BCUT2D eigenvalue weighted by molar-refractivity contribution is 6.33. The Hall–Kier alpha value is -2.55. The fourth-order valence-electron chi connectivity index (χ4n) is 3.20. The maximum Gasteiger partial charge on any atom is 0.387 e. The molecule has 0 unspecified atom stereocenters. The Balaban J connectivity index is 1.95. The molecular weight excluding hydrogens is 473 g/mol. The fraction of sp³-hybridized carbons (Fsp3) is 0.227. The molecule has 3 rings (SSSR count). The Labute approximate surface area is 191 Å². The molecule has 0 aliphatic carbocycles. The number of ketones is 1. The van der Waals surface area contributed by atoms with Crippen LogP contribution in [-0.4, -0.2) is 44.0 Å². The molecule has 170 valence electrons. The summed E-state index contributed by atoms with van der Waals surface area (Å²) in [5.41, 5.74) is 1.40. The van der Waals surface area contributed by atoms with E-state index in [4.69, 9.17) is 23.2 Å². The van der Waals surface area contributed by atoms with Crippen LogP contribution in [0.25, 0.3) is 12.2 Å². The summed E-state index contributed by atoms with van der Waals surface area (Å²) in [6.07, 6.45) is 3.01. The monoisotopic (exact) mass is 489 g/mol. The van der Waals surface area contributed by atoms with Gasteiger partial charge in [0.05, 0.1) is 0 Å². The topological polar surface area (TPSA) is 38.8 Å². The molecular formula is C22H17Cl2F4NO3. The van der Waals surface area contributed by atoms with Crippen molar-refractivity contribution in [1.29, 1.82) is 0 Å². The first-order chi connectivity index (χ1) is 15.1. The van der Waals surface area contributed by atoms with Gasteiger partial charge in [-0.05, 0) is 66.7 Å². The fourth-order valence-corrected chi connectivity index (χ4v) is 3.55. The number of nitrogens with zero attached hydrogens (tertiary/aromatic N) is 1. The number of alkyl halides is 4. The second-order valence-corrected chi connectivity index (χ2v) is 7.78. The number of Topliss-reactive ketones (excluding diaryl/α,β-unsaturated/α-hetero) is 1. The normalized spacial score (nSPS) is 17.6. The quantitative estimate of drug-likeness (QED) is 0.358. The van der Waals surface area contributed by atoms with Crippen LogP contribution in [-0.2, 0) is 4.79 Å². The van der Waals surface area contributed by atoms with Crippen LogP contribution < -0.4 is 9.47 Å². The molecule has 0 saturated carbocycles. The molecule has 0 bridgehead atoms. The summed E-state index contributed by atoms with van der Waals surface area (Å²) in [7, 11) is 1.78. The van der Waals surface area contributed by atoms with Crippen LogP contribution in [0, 0.1) is 0 Å². The van der Waals surface area contributed by atoms with Gasteiger partial charge in [0.1, 0.15) is 11.5 Å². The van der Waals surface area contributed by atoms with Crippen LogP contribution in [0.2, 0.25) is 10.0 Å². The van der Waals surface area contributed by atoms with Gasteiger partial charge in [0.2, 0.25) is 0 Å². The molecule has 0 atom stereocenters.